The van der Waals surface area contributed by atoms with Crippen LogP contribution in [0.25, 0.3) is 0 Å². The number of nitriles is 1. The Morgan fingerprint density at radius 1 is 1.21 bits per heavy atom. The van der Waals surface area contributed by atoms with E-state index in [1.54, 1.807) is 36.0 Å². The van der Waals surface area contributed by atoms with Gasteiger partial charge in [0.25, 0.3) is 0 Å². The molecule has 24 heavy (non-hydrogen) atoms. The number of halogens is 2. The first kappa shape index (κ1) is 18.0. The van der Waals surface area contributed by atoms with Crippen molar-refractivity contribution < 1.29 is 18.3 Å². The van der Waals surface area contributed by atoms with Gasteiger partial charge in [0.1, 0.15) is 29.0 Å². The molecule has 0 fully saturated rings. The molecule has 0 aliphatic heterocycles. The minimum Gasteiger partial charge on any atom is -0.423 e. The highest BCUT2D eigenvalue weighted by molar-refractivity contribution is 7.99. The monoisotopic (exact) mass is 347 g/mol. The molecule has 0 saturated heterocycles. The molecule has 0 amide bonds. The molecule has 0 aliphatic carbocycles. The van der Waals surface area contributed by atoms with Crippen LogP contribution in [0.3, 0.4) is 0 Å². The molecule has 0 heterocycles. The highest BCUT2D eigenvalue weighted by Gasteiger charge is 2.14. The Balaban J connectivity index is 2.06. The number of rotatable bonds is 6. The highest BCUT2D eigenvalue weighted by Crippen LogP contribution is 2.23. The van der Waals surface area contributed by atoms with Crippen LogP contribution in [0.1, 0.15) is 35.7 Å². The summed E-state index contributed by atoms with van der Waals surface area (Å²) < 4.78 is 32.0. The van der Waals surface area contributed by atoms with Crippen molar-refractivity contribution >= 4 is 17.7 Å². The van der Waals surface area contributed by atoms with E-state index in [9.17, 15) is 13.6 Å². The normalized spacial score (nSPS) is 10.2. The molecule has 0 aromatic heterocycles. The van der Waals surface area contributed by atoms with Gasteiger partial charge in [-0.15, -0.1) is 11.8 Å². The Labute approximate surface area is 143 Å². The number of carbonyl (C=O) groups excluding carboxylic acids is 1. The molecule has 0 bridgehead atoms. The number of hydrogen-bond acceptors (Lipinski definition) is 4. The molecule has 124 valence electrons. The Kier molecular flexibility index (Phi) is 6.33. The molecule has 0 N–H and O–H groups in total. The van der Waals surface area contributed by atoms with E-state index in [0.717, 1.165) is 35.6 Å². The van der Waals surface area contributed by atoms with Crippen molar-refractivity contribution in [3.63, 3.8) is 0 Å². The Bertz CT molecular complexity index is 747. The predicted octanol–water partition coefficient (Wildman–Crippen LogP) is 4.95. The summed E-state index contributed by atoms with van der Waals surface area (Å²) in [5, 5.41) is 8.61. The third-order valence-corrected chi connectivity index (χ3v) is 4.29. The van der Waals surface area contributed by atoms with Crippen molar-refractivity contribution in [3.05, 3.63) is 59.2 Å². The van der Waals surface area contributed by atoms with Crippen LogP contribution in [0.4, 0.5) is 8.78 Å². The zero-order chi connectivity index (χ0) is 17.5. The maximum Gasteiger partial charge on any atom is 0.343 e. The summed E-state index contributed by atoms with van der Waals surface area (Å²) in [6.07, 6.45) is 2.24. The maximum atomic E-state index is 13.5. The molecular weight excluding hydrogens is 332 g/mol. The van der Waals surface area contributed by atoms with Crippen molar-refractivity contribution in [2.24, 2.45) is 0 Å². The van der Waals surface area contributed by atoms with Gasteiger partial charge in [-0.1, -0.05) is 13.3 Å². The summed E-state index contributed by atoms with van der Waals surface area (Å²) in [5.74, 6) is -2.13. The third kappa shape index (κ3) is 4.56. The third-order valence-electron chi connectivity index (χ3n) is 3.19. The average molecular weight is 347 g/mol. The minimum absolute atomic E-state index is 0.278. The summed E-state index contributed by atoms with van der Waals surface area (Å²) in [7, 11) is 0. The van der Waals surface area contributed by atoms with E-state index < -0.39 is 23.2 Å². The number of nitrogens with zero attached hydrogens (tertiary/aromatic N) is 1. The van der Waals surface area contributed by atoms with E-state index in [2.05, 4.69) is 6.92 Å². The van der Waals surface area contributed by atoms with Gasteiger partial charge >= 0.3 is 5.97 Å². The van der Waals surface area contributed by atoms with Crippen LogP contribution in [-0.4, -0.2) is 11.7 Å². The van der Waals surface area contributed by atoms with Gasteiger partial charge in [-0.05, 0) is 36.4 Å². The summed E-state index contributed by atoms with van der Waals surface area (Å²) in [6, 6.07) is 9.85. The Morgan fingerprint density at radius 3 is 2.38 bits per heavy atom. The number of esters is 1. The fourth-order valence-electron chi connectivity index (χ4n) is 1.90. The Morgan fingerprint density at radius 2 is 1.83 bits per heavy atom. The summed E-state index contributed by atoms with van der Waals surface area (Å²) >= 11 is 1.70. The van der Waals surface area contributed by atoms with Crippen LogP contribution in [0.5, 0.6) is 5.75 Å². The molecular formula is C18H15F2NO2S. The predicted molar refractivity (Wildman–Crippen MR) is 88.1 cm³/mol. The smallest absolute Gasteiger partial charge is 0.343 e. The standard InChI is InChI=1S/C18H15F2NO2S/c1-2-3-8-24-14-6-4-12(5-7-14)18(22)23-13-9-16(19)15(11-21)17(20)10-13/h4-7,9-10H,2-3,8H2,1H3. The van der Waals surface area contributed by atoms with Crippen LogP contribution in [0.2, 0.25) is 0 Å². The molecule has 2 aromatic carbocycles. The van der Waals surface area contributed by atoms with Crippen LogP contribution in [-0.2, 0) is 0 Å². The van der Waals surface area contributed by atoms with E-state index in [1.165, 1.54) is 6.07 Å². The van der Waals surface area contributed by atoms with Gasteiger partial charge in [-0.2, -0.15) is 5.26 Å². The van der Waals surface area contributed by atoms with Gasteiger partial charge in [0, 0.05) is 17.0 Å². The molecule has 6 heteroatoms. The lowest BCUT2D eigenvalue weighted by atomic mass is 10.2. The molecule has 0 atom stereocenters. The van der Waals surface area contributed by atoms with Gasteiger partial charge in [0.2, 0.25) is 0 Å². The maximum absolute atomic E-state index is 13.5. The van der Waals surface area contributed by atoms with Gasteiger partial charge in [-0.25, -0.2) is 13.6 Å². The number of benzene rings is 2. The summed E-state index contributed by atoms with van der Waals surface area (Å²) in [4.78, 5) is 13.1. The second-order valence-corrected chi connectivity index (χ2v) is 6.16. The molecule has 2 rings (SSSR count). The molecule has 2 aromatic rings. The lowest BCUT2D eigenvalue weighted by molar-refractivity contribution is 0.0734. The molecule has 0 unspecified atom stereocenters. The topological polar surface area (TPSA) is 50.1 Å². The zero-order valence-corrected chi connectivity index (χ0v) is 13.8. The average Bonchev–Trinajstić information content (AvgIpc) is 2.55. The van der Waals surface area contributed by atoms with Gasteiger partial charge < -0.3 is 4.74 Å². The van der Waals surface area contributed by atoms with Crippen LogP contribution in [0.15, 0.2) is 41.3 Å². The van der Waals surface area contributed by atoms with Gasteiger partial charge in [0.05, 0.1) is 5.56 Å². The van der Waals surface area contributed by atoms with Crippen molar-refractivity contribution in [2.45, 2.75) is 24.7 Å². The number of carbonyl (C=O) groups is 1. The highest BCUT2D eigenvalue weighted by atomic mass is 32.2. The van der Waals surface area contributed by atoms with Crippen molar-refractivity contribution in [1.29, 1.82) is 5.26 Å². The first-order valence-corrected chi connectivity index (χ1v) is 8.38. The minimum atomic E-state index is -1.07. The largest absolute Gasteiger partial charge is 0.423 e. The number of ether oxygens (including phenoxy) is 1. The van der Waals surface area contributed by atoms with E-state index in [1.807, 2.05) is 0 Å². The van der Waals surface area contributed by atoms with Gasteiger partial charge in [0.15, 0.2) is 0 Å². The van der Waals surface area contributed by atoms with Crippen LogP contribution >= 0.6 is 11.8 Å². The van der Waals surface area contributed by atoms with E-state index in [-0.39, 0.29) is 11.3 Å². The van der Waals surface area contributed by atoms with E-state index in [4.69, 9.17) is 10.00 Å². The van der Waals surface area contributed by atoms with Crippen molar-refractivity contribution in [2.75, 3.05) is 5.75 Å². The molecule has 0 saturated carbocycles. The molecule has 0 aliphatic rings. The molecule has 0 radical (unpaired) electrons. The van der Waals surface area contributed by atoms with Crippen LogP contribution in [0, 0.1) is 23.0 Å². The molecule has 0 spiro atoms. The zero-order valence-electron chi connectivity index (χ0n) is 13.0. The first-order chi connectivity index (χ1) is 11.5. The van der Waals surface area contributed by atoms with E-state index >= 15 is 0 Å². The second kappa shape index (κ2) is 8.46. The fourth-order valence-corrected chi connectivity index (χ4v) is 2.90. The SMILES string of the molecule is CCCCSc1ccc(C(=O)Oc2cc(F)c(C#N)c(F)c2)cc1. The fraction of sp³-hybridized carbons (Fsp3) is 0.222. The first-order valence-electron chi connectivity index (χ1n) is 7.39. The number of thioether (sulfide) groups is 1. The van der Waals surface area contributed by atoms with E-state index in [0.29, 0.717) is 0 Å². The van der Waals surface area contributed by atoms with Gasteiger partial charge in [-0.3, -0.25) is 0 Å². The lowest BCUT2D eigenvalue weighted by Gasteiger charge is -2.06. The second-order valence-electron chi connectivity index (χ2n) is 4.99. The summed E-state index contributed by atoms with van der Waals surface area (Å²) in [5.41, 5.74) is -0.428. The Hall–Kier alpha value is -2.39. The van der Waals surface area contributed by atoms with Crippen molar-refractivity contribution in [3.8, 4) is 11.8 Å². The quantitative estimate of drug-likeness (QED) is 0.321. The van der Waals surface area contributed by atoms with Crippen molar-refractivity contribution in [1.82, 2.24) is 0 Å². The lowest BCUT2D eigenvalue weighted by Crippen LogP contribution is -2.09. The number of hydrogen-bond donors (Lipinski definition) is 0. The number of unbranched alkanes of at least 4 members (excludes halogenated alkanes) is 1. The summed E-state index contributed by atoms with van der Waals surface area (Å²) in [6.45, 7) is 2.12. The molecule has 3 nitrogen and oxygen atoms in total. The van der Waals surface area contributed by atoms with Crippen LogP contribution < -0.4 is 4.74 Å².